The fraction of sp³-hybridized carbons (Fsp3) is 0.154. The van der Waals surface area contributed by atoms with E-state index in [0.717, 1.165) is 0 Å². The molecule has 0 saturated heterocycles. The zero-order chi connectivity index (χ0) is 15.4. The summed E-state index contributed by atoms with van der Waals surface area (Å²) >= 11 is 11.9. The van der Waals surface area contributed by atoms with E-state index in [1.807, 2.05) is 12.1 Å². The Morgan fingerprint density at radius 1 is 1.29 bits per heavy atom. The maximum atomic E-state index is 12.3. The molecule has 2 aromatic rings. The molecular weight excluding hydrogens is 331 g/mol. The molecule has 0 N–H and O–H groups in total. The number of benzene rings is 1. The molecule has 1 aromatic heterocycles. The Kier molecular flexibility index (Phi) is 4.98. The monoisotopic (exact) mass is 338 g/mol. The highest BCUT2D eigenvalue weighted by Crippen LogP contribution is 2.24. The van der Waals surface area contributed by atoms with Gasteiger partial charge < -0.3 is 4.57 Å². The van der Waals surface area contributed by atoms with Crippen LogP contribution in [0.15, 0.2) is 29.4 Å². The Labute approximate surface area is 133 Å². The summed E-state index contributed by atoms with van der Waals surface area (Å²) in [4.78, 5) is 4.27. The summed E-state index contributed by atoms with van der Waals surface area (Å²) in [6.45, 7) is 0.285. The average molecular weight is 339 g/mol. The lowest BCUT2D eigenvalue weighted by atomic mass is 10.3. The van der Waals surface area contributed by atoms with Crippen molar-refractivity contribution < 1.29 is 4.21 Å². The second-order valence-electron chi connectivity index (χ2n) is 3.98. The second kappa shape index (κ2) is 6.73. The minimum absolute atomic E-state index is 0.0593. The van der Waals surface area contributed by atoms with Gasteiger partial charge in [0.05, 0.1) is 27.0 Å². The maximum Gasteiger partial charge on any atom is 0.176 e. The molecule has 2 rings (SSSR count). The van der Waals surface area contributed by atoms with Gasteiger partial charge in [0.2, 0.25) is 0 Å². The van der Waals surface area contributed by atoms with Gasteiger partial charge in [0.1, 0.15) is 12.1 Å². The standard InChI is InChI=1S/C13H8Cl2N4OS/c14-9-1-2-10(15)13(5-9)21(20)4-3-19-8-18-11(6-16)12(19)7-17/h1-2,5,8H,3-4H2/t21-/m0/s1. The Morgan fingerprint density at radius 2 is 2.05 bits per heavy atom. The maximum absolute atomic E-state index is 12.3. The fourth-order valence-corrected chi connectivity index (χ4v) is 3.43. The molecule has 0 aliphatic rings. The predicted octanol–water partition coefficient (Wildman–Crippen LogP) is 2.74. The molecule has 1 aromatic carbocycles. The van der Waals surface area contributed by atoms with Crippen LogP contribution in [-0.2, 0) is 17.3 Å². The van der Waals surface area contributed by atoms with Crippen molar-refractivity contribution in [3.8, 4) is 12.1 Å². The SMILES string of the molecule is N#Cc1ncn(CC[S@](=O)c2cc(Cl)ccc2Cl)c1C#N. The summed E-state index contributed by atoms with van der Waals surface area (Å²) in [6, 6.07) is 8.50. The quantitative estimate of drug-likeness (QED) is 0.857. The number of aryl methyl sites for hydroxylation is 1. The number of nitrogens with zero attached hydrogens (tertiary/aromatic N) is 4. The molecule has 1 atom stereocenters. The number of aromatic nitrogens is 2. The Balaban J connectivity index is 2.16. The van der Waals surface area contributed by atoms with Gasteiger partial charge in [-0.05, 0) is 18.2 Å². The van der Waals surface area contributed by atoms with Gasteiger partial charge in [-0.3, -0.25) is 4.21 Å². The van der Waals surface area contributed by atoms with Crippen molar-refractivity contribution in [2.75, 3.05) is 5.75 Å². The van der Waals surface area contributed by atoms with E-state index in [1.54, 1.807) is 18.2 Å². The number of halogens is 2. The summed E-state index contributed by atoms with van der Waals surface area (Å²) in [5.41, 5.74) is 0.218. The van der Waals surface area contributed by atoms with E-state index >= 15 is 0 Å². The molecule has 0 bridgehead atoms. The first-order chi connectivity index (χ1) is 10.1. The molecule has 0 spiro atoms. The molecule has 1 heterocycles. The van der Waals surface area contributed by atoms with Gasteiger partial charge in [-0.1, -0.05) is 23.2 Å². The van der Waals surface area contributed by atoms with Gasteiger partial charge in [-0.25, -0.2) is 4.98 Å². The van der Waals surface area contributed by atoms with Crippen molar-refractivity contribution >= 4 is 34.0 Å². The van der Waals surface area contributed by atoms with Gasteiger partial charge in [0.15, 0.2) is 11.4 Å². The van der Waals surface area contributed by atoms with Crippen LogP contribution in [0.2, 0.25) is 10.0 Å². The Hall–Kier alpha value is -1.86. The minimum Gasteiger partial charge on any atom is -0.320 e. The molecule has 8 heteroatoms. The predicted molar refractivity (Wildman–Crippen MR) is 79.4 cm³/mol. The number of rotatable bonds is 4. The summed E-state index contributed by atoms with van der Waals surface area (Å²) in [5.74, 6) is 0.232. The molecule has 21 heavy (non-hydrogen) atoms. The van der Waals surface area contributed by atoms with E-state index in [-0.39, 0.29) is 23.7 Å². The van der Waals surface area contributed by atoms with E-state index < -0.39 is 10.8 Å². The van der Waals surface area contributed by atoms with Crippen LogP contribution in [0.4, 0.5) is 0 Å². The van der Waals surface area contributed by atoms with Crippen LogP contribution in [0, 0.1) is 22.7 Å². The van der Waals surface area contributed by atoms with E-state index in [2.05, 4.69) is 4.98 Å². The molecule has 0 fully saturated rings. The van der Waals surface area contributed by atoms with E-state index in [9.17, 15) is 4.21 Å². The van der Waals surface area contributed by atoms with Gasteiger partial charge >= 0.3 is 0 Å². The minimum atomic E-state index is -1.37. The van der Waals surface area contributed by atoms with Gasteiger partial charge in [0, 0.05) is 17.3 Å². The van der Waals surface area contributed by atoms with Crippen molar-refractivity contribution in [2.45, 2.75) is 11.4 Å². The summed E-state index contributed by atoms with van der Waals surface area (Å²) in [5, 5.41) is 18.7. The van der Waals surface area contributed by atoms with E-state index in [4.69, 9.17) is 33.7 Å². The zero-order valence-corrected chi connectivity index (χ0v) is 12.9. The highest BCUT2D eigenvalue weighted by molar-refractivity contribution is 7.85. The van der Waals surface area contributed by atoms with Crippen LogP contribution in [-0.4, -0.2) is 19.5 Å². The highest BCUT2D eigenvalue weighted by atomic mass is 35.5. The zero-order valence-electron chi connectivity index (χ0n) is 10.6. The molecule has 106 valence electrons. The van der Waals surface area contributed by atoms with Crippen LogP contribution in [0.25, 0.3) is 0 Å². The van der Waals surface area contributed by atoms with Crippen molar-refractivity contribution in [2.24, 2.45) is 0 Å². The third-order valence-electron chi connectivity index (χ3n) is 2.71. The summed E-state index contributed by atoms with van der Waals surface area (Å²) < 4.78 is 13.7. The summed E-state index contributed by atoms with van der Waals surface area (Å²) in [7, 11) is -1.37. The second-order valence-corrected chi connectivity index (χ2v) is 6.37. The first-order valence-electron chi connectivity index (χ1n) is 5.75. The third-order valence-corrected chi connectivity index (χ3v) is 4.76. The van der Waals surface area contributed by atoms with E-state index in [0.29, 0.717) is 14.9 Å². The normalized spacial score (nSPS) is 11.6. The Bertz CT molecular complexity index is 788. The lowest BCUT2D eigenvalue weighted by molar-refractivity contribution is 0.672. The number of imidazole rings is 1. The van der Waals surface area contributed by atoms with Gasteiger partial charge in [-0.2, -0.15) is 10.5 Å². The smallest absolute Gasteiger partial charge is 0.176 e. The van der Waals surface area contributed by atoms with Gasteiger partial charge in [-0.15, -0.1) is 0 Å². The fourth-order valence-electron chi connectivity index (χ4n) is 1.69. The van der Waals surface area contributed by atoms with Crippen LogP contribution in [0.3, 0.4) is 0 Å². The Morgan fingerprint density at radius 3 is 2.71 bits per heavy atom. The van der Waals surface area contributed by atoms with Crippen molar-refractivity contribution in [3.05, 3.63) is 46.0 Å². The molecule has 0 amide bonds. The highest BCUT2D eigenvalue weighted by Gasteiger charge is 2.13. The van der Waals surface area contributed by atoms with Crippen LogP contribution in [0.1, 0.15) is 11.4 Å². The van der Waals surface area contributed by atoms with Crippen LogP contribution in [0.5, 0.6) is 0 Å². The molecule has 0 radical (unpaired) electrons. The first kappa shape index (κ1) is 15.5. The molecule has 0 aliphatic carbocycles. The lowest BCUT2D eigenvalue weighted by Crippen LogP contribution is -2.09. The van der Waals surface area contributed by atoms with Crippen LogP contribution < -0.4 is 0 Å². The molecule has 0 unspecified atom stereocenters. The van der Waals surface area contributed by atoms with Gasteiger partial charge in [0.25, 0.3) is 0 Å². The number of hydrogen-bond donors (Lipinski definition) is 0. The van der Waals surface area contributed by atoms with E-state index in [1.165, 1.54) is 10.9 Å². The summed E-state index contributed by atoms with van der Waals surface area (Å²) in [6.07, 6.45) is 1.38. The molecular formula is C13H8Cl2N4OS. The molecule has 5 nitrogen and oxygen atoms in total. The largest absolute Gasteiger partial charge is 0.320 e. The number of hydrogen-bond acceptors (Lipinski definition) is 4. The third kappa shape index (κ3) is 3.43. The topological polar surface area (TPSA) is 82.5 Å². The number of nitriles is 2. The molecule has 0 aliphatic heterocycles. The lowest BCUT2D eigenvalue weighted by Gasteiger charge is -2.06. The van der Waals surface area contributed by atoms with Crippen molar-refractivity contribution in [3.63, 3.8) is 0 Å². The molecule has 0 saturated carbocycles. The van der Waals surface area contributed by atoms with Crippen molar-refractivity contribution in [1.82, 2.24) is 9.55 Å². The van der Waals surface area contributed by atoms with Crippen LogP contribution >= 0.6 is 23.2 Å². The average Bonchev–Trinajstić information content (AvgIpc) is 2.89. The first-order valence-corrected chi connectivity index (χ1v) is 7.83. The van der Waals surface area contributed by atoms with Crippen molar-refractivity contribution in [1.29, 1.82) is 10.5 Å².